The first kappa shape index (κ1) is 14.3. The molecule has 1 saturated heterocycles. The van der Waals surface area contributed by atoms with Gasteiger partial charge in [0.1, 0.15) is 6.10 Å². The van der Waals surface area contributed by atoms with Crippen molar-refractivity contribution in [1.29, 1.82) is 0 Å². The highest BCUT2D eigenvalue weighted by Gasteiger charge is 2.18. The Kier molecular flexibility index (Phi) is 5.61. The van der Waals surface area contributed by atoms with E-state index < -0.39 is 0 Å². The van der Waals surface area contributed by atoms with Crippen LogP contribution in [0.15, 0.2) is 18.2 Å². The van der Waals surface area contributed by atoms with Crippen LogP contribution in [0, 0.1) is 0 Å². The fraction of sp³-hybridized carbons (Fsp3) is 0.667. The quantitative estimate of drug-likeness (QED) is 0.797. The van der Waals surface area contributed by atoms with Gasteiger partial charge in [0.2, 0.25) is 5.88 Å². The van der Waals surface area contributed by atoms with Gasteiger partial charge in [0, 0.05) is 25.7 Å². The third-order valence-electron chi connectivity index (χ3n) is 3.47. The molecule has 0 bridgehead atoms. The summed E-state index contributed by atoms with van der Waals surface area (Å²) in [5.74, 6) is 0.769. The lowest BCUT2D eigenvalue weighted by Crippen LogP contribution is -2.35. The number of nitrogens with zero attached hydrogens (tertiary/aromatic N) is 2. The molecule has 0 aromatic carbocycles. The minimum atomic E-state index is 0.322. The Morgan fingerprint density at radius 2 is 2.16 bits per heavy atom. The molecular weight excluding hydrogens is 238 g/mol. The van der Waals surface area contributed by atoms with E-state index >= 15 is 0 Å². The summed E-state index contributed by atoms with van der Waals surface area (Å²) < 4.78 is 5.99. The van der Waals surface area contributed by atoms with Crippen molar-refractivity contribution in [2.45, 2.75) is 38.8 Å². The fourth-order valence-corrected chi connectivity index (χ4v) is 2.29. The van der Waals surface area contributed by atoms with E-state index in [1.807, 2.05) is 18.2 Å². The predicted octanol–water partition coefficient (Wildman–Crippen LogP) is 2.05. The molecule has 0 spiro atoms. The molecule has 4 heteroatoms. The highest BCUT2D eigenvalue weighted by molar-refractivity contribution is 5.16. The van der Waals surface area contributed by atoms with Gasteiger partial charge in [0.05, 0.1) is 5.69 Å². The largest absolute Gasteiger partial charge is 0.474 e. The summed E-state index contributed by atoms with van der Waals surface area (Å²) in [6, 6.07) is 6.03. The summed E-state index contributed by atoms with van der Waals surface area (Å²) in [5, 5.41) is 3.36. The number of pyridine rings is 1. The average Bonchev–Trinajstić information content (AvgIpc) is 2.42. The maximum Gasteiger partial charge on any atom is 0.213 e. The van der Waals surface area contributed by atoms with Crippen molar-refractivity contribution in [3.8, 4) is 5.88 Å². The van der Waals surface area contributed by atoms with Crippen LogP contribution >= 0.6 is 0 Å². The van der Waals surface area contributed by atoms with E-state index in [-0.39, 0.29) is 0 Å². The van der Waals surface area contributed by atoms with Crippen LogP contribution in [0.5, 0.6) is 5.88 Å². The third-order valence-corrected chi connectivity index (χ3v) is 3.47. The molecule has 0 amide bonds. The van der Waals surface area contributed by atoms with Crippen LogP contribution < -0.4 is 10.1 Å². The molecule has 0 unspecified atom stereocenters. The second-order valence-electron chi connectivity index (χ2n) is 5.26. The summed E-state index contributed by atoms with van der Waals surface area (Å²) in [7, 11) is 2.16. The summed E-state index contributed by atoms with van der Waals surface area (Å²) in [6.45, 7) is 6.24. The molecule has 1 fully saturated rings. The van der Waals surface area contributed by atoms with E-state index in [0.717, 1.165) is 57.0 Å². The first-order valence-electron chi connectivity index (χ1n) is 7.29. The molecule has 0 atom stereocenters. The van der Waals surface area contributed by atoms with Crippen molar-refractivity contribution in [1.82, 2.24) is 15.2 Å². The smallest absolute Gasteiger partial charge is 0.213 e. The first-order chi connectivity index (χ1) is 9.28. The van der Waals surface area contributed by atoms with Gasteiger partial charge in [-0.3, -0.25) is 0 Å². The monoisotopic (exact) mass is 263 g/mol. The van der Waals surface area contributed by atoms with E-state index in [1.54, 1.807) is 0 Å². The Bertz CT molecular complexity index is 375. The van der Waals surface area contributed by atoms with Crippen LogP contribution in [0.25, 0.3) is 0 Å². The maximum atomic E-state index is 5.99. The van der Waals surface area contributed by atoms with Crippen LogP contribution in [0.3, 0.4) is 0 Å². The summed E-state index contributed by atoms with van der Waals surface area (Å²) in [5.41, 5.74) is 1.05. The Balaban J connectivity index is 1.84. The normalized spacial score (nSPS) is 17.6. The first-order valence-corrected chi connectivity index (χ1v) is 7.29. The molecule has 1 N–H and O–H groups in total. The highest BCUT2D eigenvalue weighted by atomic mass is 16.5. The average molecular weight is 263 g/mol. The van der Waals surface area contributed by atoms with Crippen LogP contribution in [0.2, 0.25) is 0 Å². The van der Waals surface area contributed by atoms with Crippen LogP contribution in [0.1, 0.15) is 31.9 Å². The van der Waals surface area contributed by atoms with Gasteiger partial charge >= 0.3 is 0 Å². The minimum Gasteiger partial charge on any atom is -0.474 e. The number of ether oxygens (including phenoxy) is 1. The number of piperidine rings is 1. The van der Waals surface area contributed by atoms with E-state index in [1.165, 1.54) is 0 Å². The number of aromatic nitrogens is 1. The predicted molar refractivity (Wildman–Crippen MR) is 77.4 cm³/mol. The fourth-order valence-electron chi connectivity index (χ4n) is 2.29. The molecule has 0 radical (unpaired) electrons. The summed E-state index contributed by atoms with van der Waals surface area (Å²) in [4.78, 5) is 6.90. The van der Waals surface area contributed by atoms with Crippen molar-refractivity contribution in [3.05, 3.63) is 23.9 Å². The number of rotatable bonds is 6. The summed E-state index contributed by atoms with van der Waals surface area (Å²) >= 11 is 0. The highest BCUT2D eigenvalue weighted by Crippen LogP contribution is 2.16. The molecule has 1 aliphatic rings. The molecule has 1 aromatic heterocycles. The zero-order valence-corrected chi connectivity index (χ0v) is 12.1. The Morgan fingerprint density at radius 1 is 1.37 bits per heavy atom. The minimum absolute atomic E-state index is 0.322. The van der Waals surface area contributed by atoms with Gasteiger partial charge in [-0.05, 0) is 38.9 Å². The Hall–Kier alpha value is -1.13. The van der Waals surface area contributed by atoms with E-state index in [4.69, 9.17) is 4.74 Å². The lowest BCUT2D eigenvalue weighted by molar-refractivity contribution is 0.110. The van der Waals surface area contributed by atoms with Crippen molar-refractivity contribution < 1.29 is 4.74 Å². The van der Waals surface area contributed by atoms with Crippen molar-refractivity contribution in [2.24, 2.45) is 0 Å². The molecule has 19 heavy (non-hydrogen) atoms. The summed E-state index contributed by atoms with van der Waals surface area (Å²) in [6.07, 6.45) is 3.65. The molecule has 0 aliphatic carbocycles. The van der Waals surface area contributed by atoms with Gasteiger partial charge in [-0.25, -0.2) is 4.98 Å². The van der Waals surface area contributed by atoms with Crippen molar-refractivity contribution >= 4 is 0 Å². The van der Waals surface area contributed by atoms with Crippen LogP contribution in [-0.2, 0) is 6.54 Å². The SMILES string of the molecule is CCCNCc1cccc(OC2CCN(C)CC2)n1. The van der Waals surface area contributed by atoms with Gasteiger partial charge in [-0.2, -0.15) is 0 Å². The lowest BCUT2D eigenvalue weighted by atomic mass is 10.1. The van der Waals surface area contributed by atoms with Crippen molar-refractivity contribution in [2.75, 3.05) is 26.7 Å². The molecule has 1 aliphatic heterocycles. The van der Waals surface area contributed by atoms with Gasteiger partial charge in [-0.15, -0.1) is 0 Å². The lowest BCUT2D eigenvalue weighted by Gasteiger charge is -2.29. The number of hydrogen-bond donors (Lipinski definition) is 1. The molecule has 106 valence electrons. The van der Waals surface area contributed by atoms with Gasteiger partial charge in [0.15, 0.2) is 0 Å². The van der Waals surface area contributed by atoms with Gasteiger partial charge in [-0.1, -0.05) is 13.0 Å². The zero-order valence-electron chi connectivity index (χ0n) is 12.1. The molecule has 1 aromatic rings. The zero-order chi connectivity index (χ0) is 13.5. The molecular formula is C15H25N3O. The van der Waals surface area contributed by atoms with E-state index in [0.29, 0.717) is 6.10 Å². The Morgan fingerprint density at radius 3 is 2.89 bits per heavy atom. The maximum absolute atomic E-state index is 5.99. The van der Waals surface area contributed by atoms with Gasteiger partial charge < -0.3 is 15.0 Å². The number of likely N-dealkylation sites (tertiary alicyclic amines) is 1. The third kappa shape index (κ3) is 4.80. The molecule has 4 nitrogen and oxygen atoms in total. The van der Waals surface area contributed by atoms with Gasteiger partial charge in [0.25, 0.3) is 0 Å². The standard InChI is InChI=1S/C15H25N3O/c1-3-9-16-12-13-5-4-6-15(17-13)19-14-7-10-18(2)11-8-14/h4-6,14,16H,3,7-12H2,1-2H3. The van der Waals surface area contributed by atoms with E-state index in [2.05, 4.69) is 29.2 Å². The van der Waals surface area contributed by atoms with Crippen LogP contribution in [-0.4, -0.2) is 42.7 Å². The number of hydrogen-bond acceptors (Lipinski definition) is 4. The van der Waals surface area contributed by atoms with Crippen LogP contribution in [0.4, 0.5) is 0 Å². The molecule has 2 heterocycles. The second-order valence-corrected chi connectivity index (χ2v) is 5.26. The number of nitrogens with one attached hydrogen (secondary N) is 1. The van der Waals surface area contributed by atoms with E-state index in [9.17, 15) is 0 Å². The Labute approximate surface area is 116 Å². The topological polar surface area (TPSA) is 37.4 Å². The second kappa shape index (κ2) is 7.46. The molecule has 2 rings (SSSR count). The van der Waals surface area contributed by atoms with Crippen molar-refractivity contribution in [3.63, 3.8) is 0 Å². The molecule has 0 saturated carbocycles.